The van der Waals surface area contributed by atoms with Crippen molar-refractivity contribution in [1.82, 2.24) is 10.3 Å². The number of hydrogen-bond acceptors (Lipinski definition) is 2. The highest BCUT2D eigenvalue weighted by atomic mass is 14.8. The SMILES string of the molecule is c1ccc(CCNCc2ccc3ncccc3c2)cc1. The van der Waals surface area contributed by atoms with Crippen LogP contribution in [0.1, 0.15) is 11.1 Å². The van der Waals surface area contributed by atoms with Crippen molar-refractivity contribution in [2.24, 2.45) is 0 Å². The zero-order valence-electron chi connectivity index (χ0n) is 11.4. The summed E-state index contributed by atoms with van der Waals surface area (Å²) in [4.78, 5) is 4.34. The molecule has 1 aromatic heterocycles. The molecule has 3 rings (SSSR count). The Bertz CT molecular complexity index is 677. The van der Waals surface area contributed by atoms with Crippen LogP contribution in [0, 0.1) is 0 Å². The molecule has 0 saturated carbocycles. The Kier molecular flexibility index (Phi) is 4.04. The van der Waals surface area contributed by atoms with Crippen LogP contribution in [0.3, 0.4) is 0 Å². The Balaban J connectivity index is 1.55. The highest BCUT2D eigenvalue weighted by Crippen LogP contribution is 2.13. The van der Waals surface area contributed by atoms with E-state index in [0.29, 0.717) is 0 Å². The monoisotopic (exact) mass is 262 g/mol. The molecular formula is C18H18N2. The Hall–Kier alpha value is -2.19. The largest absolute Gasteiger partial charge is 0.312 e. The van der Waals surface area contributed by atoms with Gasteiger partial charge < -0.3 is 5.32 Å². The van der Waals surface area contributed by atoms with E-state index in [4.69, 9.17) is 0 Å². The third-order valence-corrected chi connectivity index (χ3v) is 3.43. The van der Waals surface area contributed by atoms with Crippen molar-refractivity contribution in [1.29, 1.82) is 0 Å². The van der Waals surface area contributed by atoms with Gasteiger partial charge in [-0.2, -0.15) is 0 Å². The number of nitrogens with zero attached hydrogens (tertiary/aromatic N) is 1. The van der Waals surface area contributed by atoms with Gasteiger partial charge in [0.05, 0.1) is 5.52 Å². The molecule has 100 valence electrons. The number of aromatic nitrogens is 1. The third-order valence-electron chi connectivity index (χ3n) is 3.43. The summed E-state index contributed by atoms with van der Waals surface area (Å²) in [6.07, 6.45) is 2.90. The van der Waals surface area contributed by atoms with Crippen LogP contribution < -0.4 is 5.32 Å². The molecule has 0 radical (unpaired) electrons. The first-order chi connectivity index (χ1) is 9.92. The van der Waals surface area contributed by atoms with E-state index in [1.165, 1.54) is 16.5 Å². The first-order valence-electron chi connectivity index (χ1n) is 7.00. The van der Waals surface area contributed by atoms with E-state index in [-0.39, 0.29) is 0 Å². The molecule has 0 unspecified atom stereocenters. The van der Waals surface area contributed by atoms with E-state index >= 15 is 0 Å². The highest BCUT2D eigenvalue weighted by Gasteiger charge is 1.97. The molecule has 0 spiro atoms. The van der Waals surface area contributed by atoms with Gasteiger partial charge in [-0.15, -0.1) is 0 Å². The first kappa shape index (κ1) is 12.8. The summed E-state index contributed by atoms with van der Waals surface area (Å²) in [5.41, 5.74) is 3.74. The summed E-state index contributed by atoms with van der Waals surface area (Å²) in [5.74, 6) is 0. The van der Waals surface area contributed by atoms with Crippen molar-refractivity contribution in [3.05, 3.63) is 78.0 Å². The van der Waals surface area contributed by atoms with E-state index in [0.717, 1.165) is 25.0 Å². The number of nitrogens with one attached hydrogen (secondary N) is 1. The van der Waals surface area contributed by atoms with E-state index in [1.807, 2.05) is 12.3 Å². The molecule has 1 heterocycles. The fourth-order valence-electron chi connectivity index (χ4n) is 2.35. The highest BCUT2D eigenvalue weighted by molar-refractivity contribution is 5.78. The molecule has 2 heteroatoms. The number of benzene rings is 2. The van der Waals surface area contributed by atoms with Crippen molar-refractivity contribution >= 4 is 10.9 Å². The van der Waals surface area contributed by atoms with E-state index < -0.39 is 0 Å². The summed E-state index contributed by atoms with van der Waals surface area (Å²) < 4.78 is 0. The molecule has 1 N–H and O–H groups in total. The first-order valence-corrected chi connectivity index (χ1v) is 7.00. The number of pyridine rings is 1. The van der Waals surface area contributed by atoms with Crippen LogP contribution in [0.15, 0.2) is 66.9 Å². The van der Waals surface area contributed by atoms with Crippen molar-refractivity contribution < 1.29 is 0 Å². The summed E-state index contributed by atoms with van der Waals surface area (Å²) >= 11 is 0. The molecule has 20 heavy (non-hydrogen) atoms. The zero-order valence-corrected chi connectivity index (χ0v) is 11.4. The fraction of sp³-hybridized carbons (Fsp3) is 0.167. The minimum absolute atomic E-state index is 0.900. The predicted octanol–water partition coefficient (Wildman–Crippen LogP) is 3.57. The molecule has 0 aliphatic carbocycles. The number of hydrogen-bond donors (Lipinski definition) is 1. The Morgan fingerprint density at radius 1 is 0.850 bits per heavy atom. The van der Waals surface area contributed by atoms with Gasteiger partial charge >= 0.3 is 0 Å². The zero-order chi connectivity index (χ0) is 13.6. The van der Waals surface area contributed by atoms with Crippen LogP contribution in [-0.4, -0.2) is 11.5 Å². The molecule has 0 fully saturated rings. The third kappa shape index (κ3) is 3.22. The quantitative estimate of drug-likeness (QED) is 0.711. The lowest BCUT2D eigenvalue weighted by molar-refractivity contribution is 0.687. The van der Waals surface area contributed by atoms with Gasteiger partial charge in [0.2, 0.25) is 0 Å². The Morgan fingerprint density at radius 3 is 2.65 bits per heavy atom. The van der Waals surface area contributed by atoms with Gasteiger partial charge in [-0.3, -0.25) is 4.98 Å². The summed E-state index contributed by atoms with van der Waals surface area (Å²) in [5, 5.41) is 4.70. The molecule has 0 amide bonds. The Labute approximate surface area is 119 Å². The van der Waals surface area contributed by atoms with Crippen LogP contribution in [0.4, 0.5) is 0 Å². The van der Waals surface area contributed by atoms with Crippen molar-refractivity contribution in [3.8, 4) is 0 Å². The standard InChI is InChI=1S/C18H18N2/c1-2-5-15(6-3-1)10-12-19-14-16-8-9-18-17(13-16)7-4-11-20-18/h1-9,11,13,19H,10,12,14H2. The lowest BCUT2D eigenvalue weighted by atomic mass is 10.1. The average molecular weight is 262 g/mol. The van der Waals surface area contributed by atoms with Crippen molar-refractivity contribution in [2.75, 3.05) is 6.54 Å². The second-order valence-electron chi connectivity index (χ2n) is 4.94. The van der Waals surface area contributed by atoms with Gasteiger partial charge in [0.1, 0.15) is 0 Å². The molecule has 0 bridgehead atoms. The molecular weight excluding hydrogens is 244 g/mol. The van der Waals surface area contributed by atoms with Gasteiger partial charge in [0.15, 0.2) is 0 Å². The van der Waals surface area contributed by atoms with Crippen LogP contribution in [0.5, 0.6) is 0 Å². The molecule has 0 aliphatic heterocycles. The van der Waals surface area contributed by atoms with Crippen LogP contribution in [0.25, 0.3) is 10.9 Å². The second-order valence-corrected chi connectivity index (χ2v) is 4.94. The summed E-state index contributed by atoms with van der Waals surface area (Å²) in [7, 11) is 0. The van der Waals surface area contributed by atoms with E-state index in [2.05, 4.69) is 64.9 Å². The molecule has 2 nitrogen and oxygen atoms in total. The summed E-state index contributed by atoms with van der Waals surface area (Å²) in [6, 6.07) is 21.1. The second kappa shape index (κ2) is 6.31. The fourth-order valence-corrected chi connectivity index (χ4v) is 2.35. The van der Waals surface area contributed by atoms with Crippen LogP contribution in [0.2, 0.25) is 0 Å². The smallest absolute Gasteiger partial charge is 0.0702 e. The molecule has 0 aliphatic rings. The minimum Gasteiger partial charge on any atom is -0.312 e. The number of rotatable bonds is 5. The molecule has 0 saturated heterocycles. The minimum atomic E-state index is 0.900. The van der Waals surface area contributed by atoms with Crippen molar-refractivity contribution in [2.45, 2.75) is 13.0 Å². The maximum Gasteiger partial charge on any atom is 0.0702 e. The van der Waals surface area contributed by atoms with Gasteiger partial charge in [-0.05, 0) is 42.3 Å². The lowest BCUT2D eigenvalue weighted by Gasteiger charge is -2.06. The number of fused-ring (bicyclic) bond motifs is 1. The molecule has 2 aromatic carbocycles. The van der Waals surface area contributed by atoms with Gasteiger partial charge in [-0.1, -0.05) is 42.5 Å². The van der Waals surface area contributed by atoms with Gasteiger partial charge in [-0.25, -0.2) is 0 Å². The predicted molar refractivity (Wildman–Crippen MR) is 83.6 cm³/mol. The van der Waals surface area contributed by atoms with E-state index in [9.17, 15) is 0 Å². The molecule has 3 aromatic rings. The Morgan fingerprint density at radius 2 is 1.75 bits per heavy atom. The lowest BCUT2D eigenvalue weighted by Crippen LogP contribution is -2.16. The van der Waals surface area contributed by atoms with Gasteiger partial charge in [0, 0.05) is 18.1 Å². The average Bonchev–Trinajstić information content (AvgIpc) is 2.52. The molecule has 0 atom stereocenters. The van der Waals surface area contributed by atoms with Crippen LogP contribution >= 0.6 is 0 Å². The van der Waals surface area contributed by atoms with Crippen molar-refractivity contribution in [3.63, 3.8) is 0 Å². The maximum absolute atomic E-state index is 4.34. The normalized spacial score (nSPS) is 10.8. The van der Waals surface area contributed by atoms with Crippen LogP contribution in [-0.2, 0) is 13.0 Å². The topological polar surface area (TPSA) is 24.9 Å². The maximum atomic E-state index is 4.34. The van der Waals surface area contributed by atoms with E-state index in [1.54, 1.807) is 0 Å². The van der Waals surface area contributed by atoms with Gasteiger partial charge in [0.25, 0.3) is 0 Å². The summed E-state index contributed by atoms with van der Waals surface area (Å²) in [6.45, 7) is 1.90.